The summed E-state index contributed by atoms with van der Waals surface area (Å²) >= 11 is 5.51. The minimum absolute atomic E-state index is 0.308. The van der Waals surface area contributed by atoms with Crippen LogP contribution in [0.4, 0.5) is 13.2 Å². The maximum absolute atomic E-state index is 12.6. The Morgan fingerprint density at radius 2 is 2.06 bits per heavy atom. The first-order chi connectivity index (χ1) is 7.86. The van der Waals surface area contributed by atoms with Crippen molar-refractivity contribution in [2.45, 2.75) is 25.1 Å². The molecule has 0 saturated carbocycles. The molecule has 0 unspecified atom stereocenters. The summed E-state index contributed by atoms with van der Waals surface area (Å²) in [6.45, 7) is 3.54. The topological polar surface area (TPSA) is 26.0 Å². The van der Waals surface area contributed by atoms with Crippen molar-refractivity contribution in [3.05, 3.63) is 47.0 Å². The number of benzene rings is 1. The number of halogens is 4. The van der Waals surface area contributed by atoms with Crippen LogP contribution in [0.2, 0.25) is 5.02 Å². The Bertz CT molecular complexity index is 401. The number of alkyl halides is 3. The van der Waals surface area contributed by atoms with Crippen LogP contribution in [0.25, 0.3) is 0 Å². The summed E-state index contributed by atoms with van der Waals surface area (Å²) < 4.78 is 37.8. The molecule has 0 aromatic heterocycles. The fourth-order valence-corrected chi connectivity index (χ4v) is 1.68. The van der Waals surface area contributed by atoms with E-state index >= 15 is 0 Å². The number of allylic oxidation sites excluding steroid dienone is 1. The van der Waals surface area contributed by atoms with Crippen molar-refractivity contribution in [1.29, 1.82) is 0 Å². The highest BCUT2D eigenvalue weighted by molar-refractivity contribution is 6.31. The summed E-state index contributed by atoms with van der Waals surface area (Å²) in [7, 11) is 0. The second kappa shape index (κ2) is 5.56. The standard InChI is InChI=1S/C12H13ClF3N/c1-2-3-4-11(17)8-5-6-10(13)9(7-8)12(14,15)16/h2,5-7,11H,1,3-4,17H2/t11-/m1/s1. The van der Waals surface area contributed by atoms with Crippen molar-refractivity contribution in [1.82, 2.24) is 0 Å². The Kier molecular flexibility index (Phi) is 4.60. The first-order valence-electron chi connectivity index (χ1n) is 5.09. The molecule has 0 amide bonds. The molecular weight excluding hydrogens is 251 g/mol. The van der Waals surface area contributed by atoms with Crippen LogP contribution in [0.15, 0.2) is 30.9 Å². The second-order valence-electron chi connectivity index (χ2n) is 3.71. The second-order valence-corrected chi connectivity index (χ2v) is 4.12. The van der Waals surface area contributed by atoms with Crippen molar-refractivity contribution in [3.63, 3.8) is 0 Å². The summed E-state index contributed by atoms with van der Waals surface area (Å²) in [5.74, 6) is 0. The van der Waals surface area contributed by atoms with Gasteiger partial charge in [0.25, 0.3) is 0 Å². The van der Waals surface area contributed by atoms with Gasteiger partial charge >= 0.3 is 6.18 Å². The Labute approximate surface area is 103 Å². The summed E-state index contributed by atoms with van der Waals surface area (Å²) in [5.41, 5.74) is 5.38. The molecule has 1 rings (SSSR count). The summed E-state index contributed by atoms with van der Waals surface area (Å²) in [6, 6.07) is 3.32. The lowest BCUT2D eigenvalue weighted by atomic mass is 10.0. The van der Waals surface area contributed by atoms with Crippen LogP contribution in [0.1, 0.15) is 30.0 Å². The highest BCUT2D eigenvalue weighted by Crippen LogP contribution is 2.36. The van der Waals surface area contributed by atoms with Crippen LogP contribution in [-0.2, 0) is 6.18 Å². The summed E-state index contributed by atoms with van der Waals surface area (Å²) in [4.78, 5) is 0. The highest BCUT2D eigenvalue weighted by Gasteiger charge is 2.33. The van der Waals surface area contributed by atoms with Gasteiger partial charge in [0, 0.05) is 6.04 Å². The Hall–Kier alpha value is -1.00. The van der Waals surface area contributed by atoms with Crippen LogP contribution in [0.3, 0.4) is 0 Å². The number of rotatable bonds is 4. The van der Waals surface area contributed by atoms with E-state index in [9.17, 15) is 13.2 Å². The van der Waals surface area contributed by atoms with Gasteiger partial charge in [-0.3, -0.25) is 0 Å². The molecular formula is C12H13ClF3N. The maximum atomic E-state index is 12.6. The van der Waals surface area contributed by atoms with E-state index in [4.69, 9.17) is 17.3 Å². The van der Waals surface area contributed by atoms with Crippen molar-refractivity contribution in [2.24, 2.45) is 5.73 Å². The van der Waals surface area contributed by atoms with Gasteiger partial charge in [0.05, 0.1) is 10.6 Å². The van der Waals surface area contributed by atoms with Gasteiger partial charge in [-0.05, 0) is 30.5 Å². The first-order valence-corrected chi connectivity index (χ1v) is 5.47. The molecule has 94 valence electrons. The van der Waals surface area contributed by atoms with Gasteiger partial charge in [0.15, 0.2) is 0 Å². The zero-order valence-electron chi connectivity index (χ0n) is 9.10. The monoisotopic (exact) mass is 263 g/mol. The molecule has 0 fully saturated rings. The molecule has 0 aliphatic rings. The quantitative estimate of drug-likeness (QED) is 0.804. The normalized spacial score (nSPS) is 13.5. The van der Waals surface area contributed by atoms with E-state index in [1.807, 2.05) is 0 Å². The van der Waals surface area contributed by atoms with Gasteiger partial charge < -0.3 is 5.73 Å². The van der Waals surface area contributed by atoms with E-state index in [1.54, 1.807) is 6.08 Å². The predicted octanol–water partition coefficient (Wildman–Crippen LogP) is 4.32. The molecule has 0 radical (unpaired) electrons. The molecule has 5 heteroatoms. The van der Waals surface area contributed by atoms with E-state index in [2.05, 4.69) is 6.58 Å². The molecule has 0 saturated heterocycles. The molecule has 1 aromatic rings. The molecule has 0 aliphatic heterocycles. The lowest BCUT2D eigenvalue weighted by molar-refractivity contribution is -0.137. The summed E-state index contributed by atoms with van der Waals surface area (Å²) in [6.07, 6.45) is -1.56. The summed E-state index contributed by atoms with van der Waals surface area (Å²) in [5, 5.41) is -0.308. The molecule has 1 atom stereocenters. The lowest BCUT2D eigenvalue weighted by Crippen LogP contribution is -2.12. The molecule has 2 N–H and O–H groups in total. The van der Waals surface area contributed by atoms with Crippen molar-refractivity contribution >= 4 is 11.6 Å². The highest BCUT2D eigenvalue weighted by atomic mass is 35.5. The molecule has 0 heterocycles. The van der Waals surface area contributed by atoms with Gasteiger partial charge in [-0.25, -0.2) is 0 Å². The zero-order chi connectivity index (χ0) is 13.1. The van der Waals surface area contributed by atoms with Gasteiger partial charge in [0.1, 0.15) is 0 Å². The van der Waals surface area contributed by atoms with E-state index in [0.717, 1.165) is 6.07 Å². The van der Waals surface area contributed by atoms with Gasteiger partial charge in [-0.15, -0.1) is 6.58 Å². The molecule has 0 spiro atoms. The van der Waals surface area contributed by atoms with Crippen LogP contribution in [0, 0.1) is 0 Å². The first kappa shape index (κ1) is 14.1. The van der Waals surface area contributed by atoms with E-state index in [1.165, 1.54) is 12.1 Å². The van der Waals surface area contributed by atoms with Crippen molar-refractivity contribution in [2.75, 3.05) is 0 Å². The maximum Gasteiger partial charge on any atom is 0.417 e. The molecule has 0 bridgehead atoms. The minimum atomic E-state index is -4.45. The van der Waals surface area contributed by atoms with Gasteiger partial charge in [-0.2, -0.15) is 13.2 Å². The Morgan fingerprint density at radius 3 is 2.59 bits per heavy atom. The van der Waals surface area contributed by atoms with Crippen LogP contribution in [0.5, 0.6) is 0 Å². The smallest absolute Gasteiger partial charge is 0.324 e. The predicted molar refractivity (Wildman–Crippen MR) is 62.8 cm³/mol. The fourth-order valence-electron chi connectivity index (χ4n) is 1.45. The lowest BCUT2D eigenvalue weighted by Gasteiger charge is -2.15. The molecule has 0 aliphatic carbocycles. The van der Waals surface area contributed by atoms with E-state index in [-0.39, 0.29) is 5.02 Å². The van der Waals surface area contributed by atoms with E-state index in [0.29, 0.717) is 18.4 Å². The number of nitrogens with two attached hydrogens (primary N) is 1. The van der Waals surface area contributed by atoms with Gasteiger partial charge in [0.2, 0.25) is 0 Å². The third-order valence-electron chi connectivity index (χ3n) is 2.41. The average molecular weight is 264 g/mol. The van der Waals surface area contributed by atoms with Crippen LogP contribution >= 0.6 is 11.6 Å². The third-order valence-corrected chi connectivity index (χ3v) is 2.74. The SMILES string of the molecule is C=CCC[C@@H](N)c1ccc(Cl)c(C(F)(F)F)c1. The largest absolute Gasteiger partial charge is 0.417 e. The van der Waals surface area contributed by atoms with Crippen LogP contribution < -0.4 is 5.73 Å². The average Bonchev–Trinajstić information content (AvgIpc) is 2.25. The zero-order valence-corrected chi connectivity index (χ0v) is 9.85. The third kappa shape index (κ3) is 3.75. The molecule has 1 nitrogen and oxygen atoms in total. The Morgan fingerprint density at radius 1 is 1.41 bits per heavy atom. The number of hydrogen-bond acceptors (Lipinski definition) is 1. The Balaban J connectivity index is 3.00. The van der Waals surface area contributed by atoms with Crippen molar-refractivity contribution in [3.8, 4) is 0 Å². The van der Waals surface area contributed by atoms with Crippen molar-refractivity contribution < 1.29 is 13.2 Å². The van der Waals surface area contributed by atoms with Crippen LogP contribution in [-0.4, -0.2) is 0 Å². The van der Waals surface area contributed by atoms with E-state index < -0.39 is 17.8 Å². The fraction of sp³-hybridized carbons (Fsp3) is 0.333. The molecule has 17 heavy (non-hydrogen) atoms. The number of hydrogen-bond donors (Lipinski definition) is 1. The minimum Gasteiger partial charge on any atom is -0.324 e. The molecule has 1 aromatic carbocycles. The van der Waals surface area contributed by atoms with Gasteiger partial charge in [-0.1, -0.05) is 23.7 Å².